The Kier molecular flexibility index (Phi) is 6.65. The van der Waals surface area contributed by atoms with E-state index >= 15 is 0 Å². The van der Waals surface area contributed by atoms with Crippen molar-refractivity contribution in [1.29, 1.82) is 0 Å². The topological polar surface area (TPSA) is 29.7 Å². The Morgan fingerprint density at radius 1 is 0.447 bits per heavy atom. The summed E-state index contributed by atoms with van der Waals surface area (Å²) in [5.41, 5.74) is 7.82. The predicted molar refractivity (Wildman–Crippen MR) is 196 cm³/mol. The normalized spacial score (nSPS) is 11.4. The van der Waals surface area contributed by atoms with E-state index in [0.29, 0.717) is 5.82 Å². The molecule has 2 aromatic heterocycles. The Hall–Kier alpha value is -5.97. The third-order valence-corrected chi connectivity index (χ3v) is 9.96. The molecule has 4 heteroatoms. The number of benzene rings is 7. The van der Waals surface area contributed by atoms with Gasteiger partial charge in [-0.2, -0.15) is 4.57 Å². The summed E-state index contributed by atoms with van der Waals surface area (Å²) in [5, 5.41) is 5.19. The van der Waals surface area contributed by atoms with Gasteiger partial charge in [0, 0.05) is 20.2 Å². The van der Waals surface area contributed by atoms with Gasteiger partial charge in [-0.05, 0) is 93.7 Å². The molecule has 47 heavy (non-hydrogen) atoms. The third-order valence-electron chi connectivity index (χ3n) is 8.83. The van der Waals surface area contributed by atoms with E-state index in [1.807, 2.05) is 66.2 Å². The summed E-state index contributed by atoms with van der Waals surface area (Å²) in [6.45, 7) is 0. The fourth-order valence-corrected chi connectivity index (χ4v) is 7.62. The summed E-state index contributed by atoms with van der Waals surface area (Å²) < 4.78 is 4.73. The van der Waals surface area contributed by atoms with Crippen LogP contribution >= 0.6 is 11.3 Å². The maximum atomic E-state index is 5.02. The molecule has 0 aliphatic carbocycles. The summed E-state index contributed by atoms with van der Waals surface area (Å²) in [6, 6.07) is 58.0. The minimum absolute atomic E-state index is 0.704. The number of thiophene rings is 1. The second-order valence-corrected chi connectivity index (χ2v) is 12.8. The van der Waals surface area contributed by atoms with Gasteiger partial charge in [-0.3, -0.25) is 0 Å². The summed E-state index contributed by atoms with van der Waals surface area (Å²) in [7, 11) is 0. The summed E-state index contributed by atoms with van der Waals surface area (Å²) in [6.07, 6.45) is 1.88. The van der Waals surface area contributed by atoms with Crippen molar-refractivity contribution < 1.29 is 4.57 Å². The Bertz CT molecular complexity index is 2550. The van der Waals surface area contributed by atoms with Crippen molar-refractivity contribution in [2.45, 2.75) is 0 Å². The van der Waals surface area contributed by atoms with Crippen LogP contribution in [-0.2, 0) is 0 Å². The lowest BCUT2D eigenvalue weighted by atomic mass is 9.94. The van der Waals surface area contributed by atoms with Crippen LogP contribution in [0.4, 0.5) is 0 Å². The van der Waals surface area contributed by atoms with Crippen LogP contribution in [0.2, 0.25) is 0 Å². The molecule has 9 aromatic rings. The van der Waals surface area contributed by atoms with Crippen molar-refractivity contribution >= 4 is 42.3 Å². The summed E-state index contributed by atoms with van der Waals surface area (Å²) >= 11 is 1.87. The number of hydrogen-bond acceptors (Lipinski definition) is 3. The van der Waals surface area contributed by atoms with Crippen LogP contribution in [0, 0.1) is 0 Å². The fourth-order valence-electron chi connectivity index (χ4n) is 6.48. The minimum atomic E-state index is 0.704. The monoisotopic (exact) mass is 618 g/mol. The number of rotatable bonds is 5. The van der Waals surface area contributed by atoms with Crippen LogP contribution in [0.5, 0.6) is 0 Å². The first-order valence-electron chi connectivity index (χ1n) is 15.7. The summed E-state index contributed by atoms with van der Waals surface area (Å²) in [4.78, 5) is 9.77. The molecule has 9 rings (SSSR count). The molecule has 0 atom stereocenters. The Balaban J connectivity index is 1.10. The molecule has 0 saturated heterocycles. The molecule has 0 N–H and O–H groups in total. The van der Waals surface area contributed by atoms with Crippen LogP contribution in [0.3, 0.4) is 0 Å². The van der Waals surface area contributed by atoms with Crippen molar-refractivity contribution in [1.82, 2.24) is 9.97 Å². The van der Waals surface area contributed by atoms with Gasteiger partial charge >= 0.3 is 5.82 Å². The van der Waals surface area contributed by atoms with E-state index in [1.165, 1.54) is 47.6 Å². The Morgan fingerprint density at radius 3 is 1.98 bits per heavy atom. The average Bonchev–Trinajstić information content (AvgIpc) is 3.51. The lowest BCUT2D eigenvalue weighted by Gasteiger charge is -2.11. The van der Waals surface area contributed by atoms with E-state index in [0.717, 1.165) is 28.2 Å². The number of hydrogen-bond donors (Lipinski definition) is 0. The zero-order valence-electron chi connectivity index (χ0n) is 25.4. The predicted octanol–water partition coefficient (Wildman–Crippen LogP) is 10.9. The zero-order chi connectivity index (χ0) is 31.2. The molecule has 0 bridgehead atoms. The number of aromatic nitrogens is 3. The second kappa shape index (κ2) is 11.4. The quantitative estimate of drug-likeness (QED) is 0.180. The van der Waals surface area contributed by atoms with Gasteiger partial charge in [-0.1, -0.05) is 113 Å². The van der Waals surface area contributed by atoms with Crippen LogP contribution in [0.1, 0.15) is 0 Å². The molecule has 0 radical (unpaired) electrons. The van der Waals surface area contributed by atoms with E-state index in [9.17, 15) is 0 Å². The van der Waals surface area contributed by atoms with Gasteiger partial charge in [0.1, 0.15) is 5.69 Å². The molecule has 0 saturated carbocycles. The highest BCUT2D eigenvalue weighted by atomic mass is 32.1. The van der Waals surface area contributed by atoms with E-state index in [4.69, 9.17) is 9.97 Å². The van der Waals surface area contributed by atoms with Gasteiger partial charge in [0.25, 0.3) is 5.82 Å². The standard InChI is InChI=1S/C43H28N3S/c1-3-11-30(12-4-1)42-44-28-46(43(45-42)31-13-5-2-6-14-31)35-23-21-29(22-24-35)32-15-9-16-33(25-32)36-19-10-17-34-26-41-39(27-38(34)36)37-18-7-8-20-40(37)47-41/h1-28H/q+1. The molecule has 2 heterocycles. The summed E-state index contributed by atoms with van der Waals surface area (Å²) in [5.74, 6) is 1.55. The highest BCUT2D eigenvalue weighted by molar-refractivity contribution is 7.25. The molecular weight excluding hydrogens is 591 g/mol. The van der Waals surface area contributed by atoms with Crippen molar-refractivity contribution in [2.24, 2.45) is 0 Å². The van der Waals surface area contributed by atoms with Crippen molar-refractivity contribution in [3.05, 3.63) is 170 Å². The largest absolute Gasteiger partial charge is 0.307 e. The average molecular weight is 619 g/mol. The van der Waals surface area contributed by atoms with Crippen molar-refractivity contribution in [3.8, 4) is 50.7 Å². The highest BCUT2D eigenvalue weighted by Gasteiger charge is 2.20. The van der Waals surface area contributed by atoms with Gasteiger partial charge in [0.05, 0.1) is 11.1 Å². The van der Waals surface area contributed by atoms with Gasteiger partial charge in [-0.25, -0.2) is 0 Å². The third kappa shape index (κ3) is 4.96. The lowest BCUT2D eigenvalue weighted by Crippen LogP contribution is -2.35. The number of fused-ring (bicyclic) bond motifs is 4. The van der Waals surface area contributed by atoms with Gasteiger partial charge in [-0.15, -0.1) is 11.3 Å². The van der Waals surface area contributed by atoms with Crippen molar-refractivity contribution in [2.75, 3.05) is 0 Å². The van der Waals surface area contributed by atoms with E-state index in [-0.39, 0.29) is 0 Å². The van der Waals surface area contributed by atoms with Crippen LogP contribution in [0.25, 0.3) is 81.7 Å². The molecule has 0 amide bonds. The SMILES string of the molecule is c1ccc(-c2nc[n+](-c3ccc(-c4cccc(-c5cccc6cc7sc8ccccc8c7cc56)c4)cc3)c(-c3ccccc3)n2)cc1. The molecule has 0 aliphatic rings. The van der Waals surface area contributed by atoms with Gasteiger partial charge in [0.2, 0.25) is 6.33 Å². The fraction of sp³-hybridized carbons (Fsp3) is 0. The molecule has 0 unspecified atom stereocenters. The highest BCUT2D eigenvalue weighted by Crippen LogP contribution is 2.39. The Labute approximate surface area is 276 Å². The molecule has 7 aromatic carbocycles. The van der Waals surface area contributed by atoms with Gasteiger partial charge < -0.3 is 0 Å². The van der Waals surface area contributed by atoms with E-state index < -0.39 is 0 Å². The molecule has 0 fully saturated rings. The van der Waals surface area contributed by atoms with Crippen LogP contribution in [-0.4, -0.2) is 9.97 Å². The first-order chi connectivity index (χ1) is 23.3. The molecule has 0 spiro atoms. The maximum absolute atomic E-state index is 5.02. The molecule has 3 nitrogen and oxygen atoms in total. The number of nitrogens with zero attached hydrogens (tertiary/aromatic N) is 3. The van der Waals surface area contributed by atoms with Crippen LogP contribution in [0.15, 0.2) is 170 Å². The second-order valence-electron chi connectivity index (χ2n) is 11.7. The van der Waals surface area contributed by atoms with E-state index in [2.05, 4.69) is 120 Å². The smallest absolute Gasteiger partial charge is 0.199 e. The minimum Gasteiger partial charge on any atom is -0.199 e. The zero-order valence-corrected chi connectivity index (χ0v) is 26.2. The first kappa shape index (κ1) is 27.3. The van der Waals surface area contributed by atoms with Gasteiger partial charge in [0.15, 0.2) is 0 Å². The van der Waals surface area contributed by atoms with Crippen molar-refractivity contribution in [3.63, 3.8) is 0 Å². The maximum Gasteiger partial charge on any atom is 0.307 e. The molecule has 220 valence electrons. The molecule has 0 aliphatic heterocycles. The van der Waals surface area contributed by atoms with E-state index in [1.54, 1.807) is 0 Å². The Morgan fingerprint density at radius 2 is 1.15 bits per heavy atom. The first-order valence-corrected chi connectivity index (χ1v) is 16.5. The molecular formula is C43H28N3S+. The van der Waals surface area contributed by atoms with Crippen LogP contribution < -0.4 is 4.57 Å². The lowest BCUT2D eigenvalue weighted by molar-refractivity contribution is -0.590.